The molecule has 2 amide bonds. The number of carbonyl (C=O) groups is 2. The molecule has 0 bridgehead atoms. The van der Waals surface area contributed by atoms with Gasteiger partial charge in [-0.25, -0.2) is 4.98 Å². The summed E-state index contributed by atoms with van der Waals surface area (Å²) in [6, 6.07) is 8.83. The van der Waals surface area contributed by atoms with Gasteiger partial charge in [0.05, 0.1) is 37.9 Å². The lowest BCUT2D eigenvalue weighted by Gasteiger charge is -2.44. The molecule has 0 unspecified atom stereocenters. The van der Waals surface area contributed by atoms with Crippen LogP contribution in [0, 0.1) is 0 Å². The van der Waals surface area contributed by atoms with Gasteiger partial charge in [-0.05, 0) is 25.0 Å². The molecule has 1 aromatic heterocycles. The Morgan fingerprint density at radius 2 is 2.07 bits per heavy atom. The zero-order valence-electron chi connectivity index (χ0n) is 16.5. The molecule has 4 rings (SSSR count). The summed E-state index contributed by atoms with van der Waals surface area (Å²) in [5.74, 6) is -0.275. The molecule has 2 N–H and O–H groups in total. The molecule has 4 atom stereocenters. The number of aliphatic hydroxyl groups excluding tert-OH is 1. The van der Waals surface area contributed by atoms with Crippen molar-refractivity contribution < 1.29 is 24.2 Å². The van der Waals surface area contributed by atoms with Crippen molar-refractivity contribution in [2.24, 2.45) is 0 Å². The van der Waals surface area contributed by atoms with Crippen LogP contribution in [0.4, 0.5) is 5.13 Å². The summed E-state index contributed by atoms with van der Waals surface area (Å²) in [5.41, 5.74) is 0.579. The number of thiazole rings is 1. The highest BCUT2D eigenvalue weighted by molar-refractivity contribution is 7.13. The minimum atomic E-state index is -0.750. The molecule has 0 aliphatic carbocycles. The SMILES string of the molecule is O=C(C[C@H]1CC[C@@H]2[C@H](COC[C@H](O)CN2C(=O)c2ccccc2)O1)Nc1nccs1. The summed E-state index contributed by atoms with van der Waals surface area (Å²) in [5, 5.41) is 15.4. The highest BCUT2D eigenvalue weighted by Gasteiger charge is 2.40. The summed E-state index contributed by atoms with van der Waals surface area (Å²) >= 11 is 1.37. The first kappa shape index (κ1) is 20.9. The van der Waals surface area contributed by atoms with Gasteiger partial charge in [0.25, 0.3) is 5.91 Å². The zero-order valence-corrected chi connectivity index (χ0v) is 17.3. The molecule has 0 radical (unpaired) electrons. The Hall–Kier alpha value is -2.33. The first-order chi connectivity index (χ1) is 14.6. The van der Waals surface area contributed by atoms with Crippen LogP contribution in [0.2, 0.25) is 0 Å². The van der Waals surface area contributed by atoms with Gasteiger partial charge in [-0.1, -0.05) is 18.2 Å². The first-order valence-corrected chi connectivity index (χ1v) is 10.9. The van der Waals surface area contributed by atoms with Crippen LogP contribution in [-0.4, -0.2) is 70.9 Å². The third-order valence-electron chi connectivity index (χ3n) is 5.35. The van der Waals surface area contributed by atoms with Crippen molar-refractivity contribution in [1.29, 1.82) is 0 Å². The summed E-state index contributed by atoms with van der Waals surface area (Å²) < 4.78 is 11.8. The Balaban J connectivity index is 1.43. The van der Waals surface area contributed by atoms with Crippen molar-refractivity contribution in [3.05, 3.63) is 47.5 Å². The van der Waals surface area contributed by atoms with Crippen LogP contribution in [0.25, 0.3) is 0 Å². The van der Waals surface area contributed by atoms with E-state index >= 15 is 0 Å². The molecule has 1 aromatic carbocycles. The first-order valence-electron chi connectivity index (χ1n) is 10.1. The van der Waals surface area contributed by atoms with Gasteiger partial charge < -0.3 is 24.8 Å². The molecular weight excluding hydrogens is 406 g/mol. The standard InChI is InChI=1S/C21H25N3O5S/c25-15-11-24(20(27)14-4-2-1-3-5-14)17-7-6-16(29-18(17)13-28-12-15)10-19(26)23-21-22-8-9-30-21/h1-5,8-9,15-18,25H,6-7,10-13H2,(H,22,23,26)/t15-,16-,17-,18+/m1/s1. The number of nitrogens with zero attached hydrogens (tertiary/aromatic N) is 2. The molecule has 3 heterocycles. The second-order valence-corrected chi connectivity index (χ2v) is 8.44. The largest absolute Gasteiger partial charge is 0.389 e. The molecule has 0 saturated carbocycles. The second kappa shape index (κ2) is 9.65. The number of hydrogen-bond acceptors (Lipinski definition) is 7. The lowest BCUT2D eigenvalue weighted by molar-refractivity contribution is -0.149. The fraction of sp³-hybridized carbons (Fsp3) is 0.476. The number of ether oxygens (including phenoxy) is 2. The molecule has 160 valence electrons. The van der Waals surface area contributed by atoms with Crippen molar-refractivity contribution >= 4 is 28.3 Å². The van der Waals surface area contributed by atoms with E-state index in [9.17, 15) is 14.7 Å². The van der Waals surface area contributed by atoms with E-state index in [0.717, 1.165) is 0 Å². The molecule has 8 nitrogen and oxygen atoms in total. The Morgan fingerprint density at radius 1 is 1.23 bits per heavy atom. The lowest BCUT2D eigenvalue weighted by atomic mass is 9.94. The highest BCUT2D eigenvalue weighted by Crippen LogP contribution is 2.29. The Labute approximate surface area is 178 Å². The van der Waals surface area contributed by atoms with Crippen LogP contribution in [0.1, 0.15) is 29.6 Å². The van der Waals surface area contributed by atoms with E-state index in [4.69, 9.17) is 9.47 Å². The predicted octanol–water partition coefficient (Wildman–Crippen LogP) is 1.92. The fourth-order valence-electron chi connectivity index (χ4n) is 3.98. The van der Waals surface area contributed by atoms with Gasteiger partial charge >= 0.3 is 0 Å². The Bertz CT molecular complexity index is 848. The average molecular weight is 432 g/mol. The summed E-state index contributed by atoms with van der Waals surface area (Å²) in [6.07, 6.45) is 1.82. The number of rotatable bonds is 4. The van der Waals surface area contributed by atoms with Gasteiger partial charge in [-0.2, -0.15) is 0 Å². The molecule has 2 aliphatic heterocycles. The summed E-state index contributed by atoms with van der Waals surface area (Å²) in [4.78, 5) is 31.2. The van der Waals surface area contributed by atoms with E-state index in [1.165, 1.54) is 11.3 Å². The van der Waals surface area contributed by atoms with Crippen molar-refractivity contribution in [3.63, 3.8) is 0 Å². The van der Waals surface area contributed by atoms with Crippen molar-refractivity contribution in [2.45, 2.75) is 43.6 Å². The molecule has 30 heavy (non-hydrogen) atoms. The fourth-order valence-corrected chi connectivity index (χ4v) is 4.53. The second-order valence-electron chi connectivity index (χ2n) is 7.55. The van der Waals surface area contributed by atoms with E-state index in [2.05, 4.69) is 10.3 Å². The topological polar surface area (TPSA) is 101 Å². The maximum absolute atomic E-state index is 13.2. The van der Waals surface area contributed by atoms with E-state index in [-0.39, 0.29) is 56.2 Å². The van der Waals surface area contributed by atoms with Crippen LogP contribution < -0.4 is 5.32 Å². The number of aliphatic hydroxyl groups is 1. The van der Waals surface area contributed by atoms with Crippen molar-refractivity contribution in [2.75, 3.05) is 25.1 Å². The van der Waals surface area contributed by atoms with Crippen LogP contribution >= 0.6 is 11.3 Å². The van der Waals surface area contributed by atoms with Crippen LogP contribution in [0.5, 0.6) is 0 Å². The number of aromatic nitrogens is 1. The number of benzene rings is 1. The lowest BCUT2D eigenvalue weighted by Crippen LogP contribution is -2.57. The average Bonchev–Trinajstić information content (AvgIpc) is 3.24. The predicted molar refractivity (Wildman–Crippen MR) is 111 cm³/mol. The molecule has 2 aromatic rings. The maximum Gasteiger partial charge on any atom is 0.254 e. The minimum Gasteiger partial charge on any atom is -0.389 e. The van der Waals surface area contributed by atoms with Crippen molar-refractivity contribution in [3.8, 4) is 0 Å². The highest BCUT2D eigenvalue weighted by atomic mass is 32.1. The number of hydrogen-bond donors (Lipinski definition) is 2. The van der Waals surface area contributed by atoms with Gasteiger partial charge in [-0.3, -0.25) is 9.59 Å². The number of carbonyl (C=O) groups excluding carboxylic acids is 2. The quantitative estimate of drug-likeness (QED) is 0.767. The number of nitrogens with one attached hydrogen (secondary N) is 1. The molecular formula is C21H25N3O5S. The normalized spacial score (nSPS) is 26.9. The molecule has 9 heteroatoms. The molecule has 2 fully saturated rings. The van der Waals surface area contributed by atoms with Gasteiger partial charge in [0, 0.05) is 23.7 Å². The Kier molecular flexibility index (Phi) is 6.73. The van der Waals surface area contributed by atoms with E-state index in [1.807, 2.05) is 18.2 Å². The number of amides is 2. The molecule has 2 aliphatic rings. The summed E-state index contributed by atoms with van der Waals surface area (Å²) in [6.45, 7) is 0.596. The van der Waals surface area contributed by atoms with E-state index in [0.29, 0.717) is 23.5 Å². The van der Waals surface area contributed by atoms with Crippen molar-refractivity contribution in [1.82, 2.24) is 9.88 Å². The summed E-state index contributed by atoms with van der Waals surface area (Å²) in [7, 11) is 0. The van der Waals surface area contributed by atoms with Crippen LogP contribution in [0.15, 0.2) is 41.9 Å². The maximum atomic E-state index is 13.2. The monoisotopic (exact) mass is 431 g/mol. The molecule has 2 saturated heterocycles. The number of anilines is 1. The van der Waals surface area contributed by atoms with Gasteiger partial charge in [0.2, 0.25) is 5.91 Å². The Morgan fingerprint density at radius 3 is 2.83 bits per heavy atom. The van der Waals surface area contributed by atoms with Gasteiger partial charge in [-0.15, -0.1) is 11.3 Å². The third kappa shape index (κ3) is 5.04. The molecule has 0 spiro atoms. The minimum absolute atomic E-state index is 0.130. The zero-order chi connectivity index (χ0) is 20.9. The smallest absolute Gasteiger partial charge is 0.254 e. The van der Waals surface area contributed by atoms with Crippen LogP contribution in [-0.2, 0) is 14.3 Å². The van der Waals surface area contributed by atoms with Crippen LogP contribution in [0.3, 0.4) is 0 Å². The van der Waals surface area contributed by atoms with Gasteiger partial charge in [0.15, 0.2) is 5.13 Å². The van der Waals surface area contributed by atoms with E-state index < -0.39 is 6.10 Å². The van der Waals surface area contributed by atoms with Gasteiger partial charge in [0.1, 0.15) is 6.10 Å². The third-order valence-corrected chi connectivity index (χ3v) is 6.04. The number of β-amino-alcohol motifs (C(OH)–C–C–N with tert-alkyl or cyclic N) is 1. The number of fused-ring (bicyclic) bond motifs is 1. The van der Waals surface area contributed by atoms with E-state index in [1.54, 1.807) is 28.6 Å².